The van der Waals surface area contributed by atoms with Crippen LogP contribution in [0.3, 0.4) is 0 Å². The van der Waals surface area contributed by atoms with Gasteiger partial charge in [0.25, 0.3) is 11.8 Å². The first-order valence-electron chi connectivity index (χ1n) is 9.52. The van der Waals surface area contributed by atoms with Crippen LogP contribution in [0.4, 0.5) is 0 Å². The van der Waals surface area contributed by atoms with Crippen molar-refractivity contribution >= 4 is 36.0 Å². The van der Waals surface area contributed by atoms with Crippen molar-refractivity contribution in [3.8, 4) is 11.5 Å². The van der Waals surface area contributed by atoms with Crippen LogP contribution in [-0.4, -0.2) is 49.0 Å². The molecule has 0 radical (unpaired) electrons. The first kappa shape index (κ1) is 23.9. The van der Waals surface area contributed by atoms with Gasteiger partial charge in [-0.05, 0) is 49.2 Å². The number of methoxy groups -OCH3 is 2. The predicted octanol–water partition coefficient (Wildman–Crippen LogP) is 2.81. The minimum absolute atomic E-state index is 0.302. The van der Waals surface area contributed by atoms with Gasteiger partial charge in [0, 0.05) is 0 Å². The second kappa shape index (κ2) is 12.4. The molecule has 2 atom stereocenters. The normalized spacial score (nSPS) is 13.0. The number of nitrogens with one attached hydrogen (secondary N) is 2. The van der Waals surface area contributed by atoms with Gasteiger partial charge in [-0.2, -0.15) is 10.2 Å². The van der Waals surface area contributed by atoms with Crippen molar-refractivity contribution in [3.05, 3.63) is 59.7 Å². The molecule has 8 nitrogen and oxygen atoms in total. The van der Waals surface area contributed by atoms with Crippen molar-refractivity contribution in [1.82, 2.24) is 10.9 Å². The van der Waals surface area contributed by atoms with Gasteiger partial charge >= 0.3 is 0 Å². The highest BCUT2D eigenvalue weighted by atomic mass is 32.2. The monoisotopic (exact) mass is 442 g/mol. The van der Waals surface area contributed by atoms with E-state index in [9.17, 15) is 9.59 Å². The van der Waals surface area contributed by atoms with Crippen LogP contribution < -0.4 is 20.3 Å². The zero-order valence-electron chi connectivity index (χ0n) is 17.9. The Kier molecular flexibility index (Phi) is 9.57. The van der Waals surface area contributed by atoms with E-state index in [1.165, 1.54) is 24.2 Å². The maximum atomic E-state index is 12.2. The molecule has 2 amide bonds. The summed E-state index contributed by atoms with van der Waals surface area (Å²) in [5.41, 5.74) is 6.55. The maximum Gasteiger partial charge on any atom is 0.252 e. The number of rotatable bonds is 10. The first-order chi connectivity index (χ1) is 14.9. The van der Waals surface area contributed by atoms with E-state index in [4.69, 9.17) is 9.47 Å². The lowest BCUT2D eigenvalue weighted by Gasteiger charge is -2.14. The van der Waals surface area contributed by atoms with Gasteiger partial charge in [-0.25, -0.2) is 10.9 Å². The summed E-state index contributed by atoms with van der Waals surface area (Å²) in [6.07, 6.45) is 3.06. The van der Waals surface area contributed by atoms with E-state index in [0.717, 1.165) is 11.1 Å². The van der Waals surface area contributed by atoms with Crippen LogP contribution in [-0.2, 0) is 9.59 Å². The second-order valence-electron chi connectivity index (χ2n) is 6.44. The molecular formula is C22H26N4O4S. The number of benzene rings is 2. The first-order valence-corrected chi connectivity index (χ1v) is 10.5. The van der Waals surface area contributed by atoms with Crippen molar-refractivity contribution in [3.63, 3.8) is 0 Å². The molecule has 0 aliphatic rings. The molecule has 9 heteroatoms. The minimum Gasteiger partial charge on any atom is -0.497 e. The molecule has 0 aliphatic carbocycles. The van der Waals surface area contributed by atoms with Gasteiger partial charge in [-0.3, -0.25) is 9.59 Å². The Hall–Kier alpha value is -3.33. The summed E-state index contributed by atoms with van der Waals surface area (Å²) in [6.45, 7) is 3.43. The number of amides is 2. The molecule has 0 fully saturated rings. The standard InChI is InChI=1S/C22H26N4O4S/c1-15(21(27)25-23-13-17-7-5-9-19(11-17)29-3)31-16(2)22(28)26-24-14-18-8-6-10-20(12-18)30-4/h5-16H,1-4H3,(H,25,27)(H,26,28)/b23-13-,24-14+/t15-,16-/m0/s1. The molecule has 2 N–H and O–H groups in total. The molecule has 0 aromatic heterocycles. The van der Waals surface area contributed by atoms with Crippen LogP contribution in [0.15, 0.2) is 58.7 Å². The summed E-state index contributed by atoms with van der Waals surface area (Å²) >= 11 is 1.21. The minimum atomic E-state index is -0.481. The van der Waals surface area contributed by atoms with Gasteiger partial charge in [-0.15, -0.1) is 11.8 Å². The molecule has 2 aromatic carbocycles. The Labute approximate surface area is 186 Å². The van der Waals surface area contributed by atoms with E-state index in [-0.39, 0.29) is 11.8 Å². The zero-order chi connectivity index (χ0) is 22.6. The lowest BCUT2D eigenvalue weighted by molar-refractivity contribution is -0.120. The number of hydrogen-bond acceptors (Lipinski definition) is 7. The third-order valence-electron chi connectivity index (χ3n) is 4.11. The van der Waals surface area contributed by atoms with Gasteiger partial charge in [0.1, 0.15) is 11.5 Å². The summed E-state index contributed by atoms with van der Waals surface area (Å²) in [5, 5.41) is 6.96. The number of carbonyl (C=O) groups is 2. The molecule has 0 heterocycles. The highest BCUT2D eigenvalue weighted by molar-refractivity contribution is 8.01. The Morgan fingerprint density at radius 1 is 0.839 bits per heavy atom. The SMILES string of the molecule is COc1cccc(/C=N\NC(=O)[C@H](C)S[C@@H](C)C(=O)N/N=C/c2cccc(OC)c2)c1. The van der Waals surface area contributed by atoms with Crippen LogP contribution in [0.1, 0.15) is 25.0 Å². The molecule has 0 spiro atoms. The molecular weight excluding hydrogens is 416 g/mol. The molecule has 0 aliphatic heterocycles. The van der Waals surface area contributed by atoms with Crippen molar-refractivity contribution in [2.75, 3.05) is 14.2 Å². The molecule has 0 saturated carbocycles. The topological polar surface area (TPSA) is 101 Å². The molecule has 0 saturated heterocycles. The Balaban J connectivity index is 1.79. The number of nitrogens with zero attached hydrogens (tertiary/aromatic N) is 2. The lowest BCUT2D eigenvalue weighted by atomic mass is 10.2. The second-order valence-corrected chi connectivity index (χ2v) is 8.13. The predicted molar refractivity (Wildman–Crippen MR) is 124 cm³/mol. The van der Waals surface area contributed by atoms with Crippen molar-refractivity contribution in [2.24, 2.45) is 10.2 Å². The summed E-state index contributed by atoms with van der Waals surface area (Å²) in [6, 6.07) is 14.6. The van der Waals surface area contributed by atoms with Crippen molar-refractivity contribution in [1.29, 1.82) is 0 Å². The molecule has 2 aromatic rings. The van der Waals surface area contributed by atoms with Crippen LogP contribution >= 0.6 is 11.8 Å². The average Bonchev–Trinajstić information content (AvgIpc) is 2.79. The highest BCUT2D eigenvalue weighted by Crippen LogP contribution is 2.18. The van der Waals surface area contributed by atoms with E-state index in [0.29, 0.717) is 11.5 Å². The van der Waals surface area contributed by atoms with E-state index in [2.05, 4.69) is 21.1 Å². The molecule has 164 valence electrons. The smallest absolute Gasteiger partial charge is 0.252 e. The van der Waals surface area contributed by atoms with Gasteiger partial charge in [0.05, 0.1) is 37.1 Å². The molecule has 31 heavy (non-hydrogen) atoms. The molecule has 2 rings (SSSR count). The summed E-state index contributed by atoms with van der Waals surface area (Å²) in [5.74, 6) is 0.800. The summed E-state index contributed by atoms with van der Waals surface area (Å²) in [4.78, 5) is 24.5. The Morgan fingerprint density at radius 3 is 1.65 bits per heavy atom. The Morgan fingerprint density at radius 2 is 1.26 bits per heavy atom. The highest BCUT2D eigenvalue weighted by Gasteiger charge is 2.21. The van der Waals surface area contributed by atoms with Gasteiger partial charge in [0.15, 0.2) is 0 Å². The van der Waals surface area contributed by atoms with Crippen molar-refractivity contribution < 1.29 is 19.1 Å². The van der Waals surface area contributed by atoms with E-state index in [1.54, 1.807) is 40.2 Å². The fourth-order valence-electron chi connectivity index (χ4n) is 2.40. The summed E-state index contributed by atoms with van der Waals surface area (Å²) < 4.78 is 10.3. The van der Waals surface area contributed by atoms with Crippen LogP contribution in [0, 0.1) is 0 Å². The van der Waals surface area contributed by atoms with Gasteiger partial charge < -0.3 is 9.47 Å². The number of hydrogen-bond donors (Lipinski definition) is 2. The summed E-state index contributed by atoms with van der Waals surface area (Å²) in [7, 11) is 3.16. The number of carbonyl (C=O) groups excluding carboxylic acids is 2. The number of thioether (sulfide) groups is 1. The van der Waals surface area contributed by atoms with Crippen LogP contribution in [0.2, 0.25) is 0 Å². The average molecular weight is 443 g/mol. The Bertz CT molecular complexity index is 873. The quantitative estimate of drug-likeness (QED) is 0.435. The van der Waals surface area contributed by atoms with Crippen molar-refractivity contribution in [2.45, 2.75) is 24.3 Å². The lowest BCUT2D eigenvalue weighted by Crippen LogP contribution is -2.33. The van der Waals surface area contributed by atoms with Crippen LogP contribution in [0.5, 0.6) is 11.5 Å². The fourth-order valence-corrected chi connectivity index (χ4v) is 3.36. The van der Waals surface area contributed by atoms with Crippen LogP contribution in [0.25, 0.3) is 0 Å². The van der Waals surface area contributed by atoms with E-state index < -0.39 is 10.5 Å². The third-order valence-corrected chi connectivity index (χ3v) is 5.36. The molecule has 0 bridgehead atoms. The zero-order valence-corrected chi connectivity index (χ0v) is 18.7. The molecule has 0 unspecified atom stereocenters. The van der Waals surface area contributed by atoms with E-state index >= 15 is 0 Å². The number of hydrazone groups is 2. The fraction of sp³-hybridized carbons (Fsp3) is 0.273. The maximum absolute atomic E-state index is 12.2. The van der Waals surface area contributed by atoms with Gasteiger partial charge in [-0.1, -0.05) is 24.3 Å². The van der Waals surface area contributed by atoms with E-state index in [1.807, 2.05) is 36.4 Å². The number of ether oxygens (including phenoxy) is 2. The largest absolute Gasteiger partial charge is 0.497 e. The third kappa shape index (κ3) is 8.13. The van der Waals surface area contributed by atoms with Gasteiger partial charge in [0.2, 0.25) is 0 Å².